The molecule has 0 atom stereocenters. The Morgan fingerprint density at radius 3 is 2.28 bits per heavy atom. The molecule has 5 rings (SSSR count). The third-order valence-corrected chi connectivity index (χ3v) is 6.45. The van der Waals surface area contributed by atoms with Crippen LogP contribution < -0.4 is 15.5 Å². The van der Waals surface area contributed by atoms with Gasteiger partial charge in [0.05, 0.1) is 13.3 Å². The lowest BCUT2D eigenvalue weighted by Crippen LogP contribution is -2.32. The minimum atomic E-state index is -0.546. The lowest BCUT2D eigenvalue weighted by atomic mass is 10.1. The third kappa shape index (κ3) is 5.57. The van der Waals surface area contributed by atoms with Crippen LogP contribution in [0.15, 0.2) is 108 Å². The molecule has 194 valence electrons. The molecule has 0 bridgehead atoms. The van der Waals surface area contributed by atoms with Crippen molar-refractivity contribution in [2.24, 2.45) is 5.10 Å². The van der Waals surface area contributed by atoms with Crippen molar-refractivity contribution in [3.63, 3.8) is 0 Å². The van der Waals surface area contributed by atoms with Crippen LogP contribution in [0.5, 0.6) is 5.75 Å². The van der Waals surface area contributed by atoms with Crippen molar-refractivity contribution in [2.75, 3.05) is 7.11 Å². The molecule has 5 aromatic rings. The molecule has 0 aliphatic carbocycles. The van der Waals surface area contributed by atoms with Gasteiger partial charge in [-0.15, -0.1) is 0 Å². The van der Waals surface area contributed by atoms with Gasteiger partial charge in [0.1, 0.15) is 11.4 Å². The van der Waals surface area contributed by atoms with E-state index in [9.17, 15) is 9.59 Å². The molecule has 0 aliphatic heterocycles. The number of hydrogen-bond acceptors (Lipinski definition) is 4. The van der Waals surface area contributed by atoms with Crippen LogP contribution in [0.25, 0.3) is 27.9 Å². The lowest BCUT2D eigenvalue weighted by Gasteiger charge is -2.09. The molecule has 2 amide bonds. The Hall–Kier alpha value is -5.17. The van der Waals surface area contributed by atoms with Gasteiger partial charge in [-0.25, -0.2) is 5.43 Å². The van der Waals surface area contributed by atoms with Gasteiger partial charge >= 0.3 is 0 Å². The van der Waals surface area contributed by atoms with Crippen LogP contribution in [0.4, 0.5) is 0 Å². The molecule has 1 aromatic heterocycles. The summed E-state index contributed by atoms with van der Waals surface area (Å²) >= 11 is 0. The normalized spacial score (nSPS) is 11.7. The second-order valence-electron chi connectivity index (χ2n) is 8.89. The summed E-state index contributed by atoms with van der Waals surface area (Å²) in [5.41, 5.74) is 6.94. The lowest BCUT2D eigenvalue weighted by molar-refractivity contribution is -0.117. The van der Waals surface area contributed by atoms with Gasteiger partial charge in [-0.1, -0.05) is 54.6 Å². The highest BCUT2D eigenvalue weighted by Crippen LogP contribution is 2.29. The number of carbonyl (C=O) groups excluding carboxylic acids is 2. The smallest absolute Gasteiger partial charge is 0.287 e. The molecule has 0 fully saturated rings. The zero-order chi connectivity index (χ0) is 27.2. The van der Waals surface area contributed by atoms with Gasteiger partial charge in [0, 0.05) is 33.9 Å². The highest BCUT2D eigenvalue weighted by molar-refractivity contribution is 6.10. The number of carbonyl (C=O) groups is 2. The number of nitrogens with one attached hydrogen (secondary N) is 2. The van der Waals surface area contributed by atoms with E-state index >= 15 is 0 Å². The molecule has 0 aliphatic rings. The summed E-state index contributed by atoms with van der Waals surface area (Å²) in [6.07, 6.45) is 3.19. The first-order chi connectivity index (χ1) is 19.1. The van der Waals surface area contributed by atoms with Crippen molar-refractivity contribution in [3.05, 3.63) is 119 Å². The molecule has 2 N–H and O–H groups in total. The highest BCUT2D eigenvalue weighted by atomic mass is 16.5. The predicted molar refractivity (Wildman–Crippen MR) is 156 cm³/mol. The third-order valence-electron chi connectivity index (χ3n) is 6.45. The molecular weight excluding hydrogens is 488 g/mol. The summed E-state index contributed by atoms with van der Waals surface area (Å²) in [5, 5.41) is 9.19. The average Bonchev–Trinajstić information content (AvgIpc) is 3.30. The summed E-state index contributed by atoms with van der Waals surface area (Å²) < 4.78 is 7.48. The van der Waals surface area contributed by atoms with Crippen LogP contribution in [0, 0.1) is 0 Å². The van der Waals surface area contributed by atoms with Crippen molar-refractivity contribution in [2.45, 2.75) is 13.5 Å². The molecule has 0 radical (unpaired) electrons. The zero-order valence-electron chi connectivity index (χ0n) is 21.7. The summed E-state index contributed by atoms with van der Waals surface area (Å²) in [5.74, 6) is -0.252. The molecule has 7 heteroatoms. The number of aryl methyl sites for hydroxylation is 1. The Morgan fingerprint density at radius 2 is 1.54 bits per heavy atom. The monoisotopic (exact) mass is 516 g/mol. The molecule has 1 heterocycles. The number of amides is 2. The fourth-order valence-electron chi connectivity index (χ4n) is 4.53. The van der Waals surface area contributed by atoms with E-state index in [4.69, 9.17) is 4.74 Å². The maximum absolute atomic E-state index is 13.1. The molecule has 4 aromatic carbocycles. The number of nitrogens with zero attached hydrogens (tertiary/aromatic N) is 2. The molecule has 7 nitrogen and oxygen atoms in total. The summed E-state index contributed by atoms with van der Waals surface area (Å²) in [6.45, 7) is 3.00. The Bertz CT molecular complexity index is 1700. The van der Waals surface area contributed by atoms with Gasteiger partial charge in [-0.05, 0) is 66.6 Å². The van der Waals surface area contributed by atoms with Crippen LogP contribution >= 0.6 is 0 Å². The van der Waals surface area contributed by atoms with Gasteiger partial charge in [-0.2, -0.15) is 5.10 Å². The SMILES string of the molecule is CCn1c2ccccc2c2cc(C=NNC(=O)C(=Cc3ccc(OC)cc3)NC(=O)c3ccccc3)ccc21. The second-order valence-corrected chi connectivity index (χ2v) is 8.89. The number of fused-ring (bicyclic) bond motifs is 3. The van der Waals surface area contributed by atoms with E-state index < -0.39 is 11.8 Å². The Balaban J connectivity index is 1.39. The van der Waals surface area contributed by atoms with Crippen LogP contribution in [0.3, 0.4) is 0 Å². The first-order valence-corrected chi connectivity index (χ1v) is 12.6. The number of hydrazone groups is 1. The zero-order valence-corrected chi connectivity index (χ0v) is 21.7. The molecule has 39 heavy (non-hydrogen) atoms. The molecule has 0 saturated heterocycles. The number of para-hydroxylation sites is 1. The van der Waals surface area contributed by atoms with Crippen LogP contribution in [-0.2, 0) is 11.3 Å². The minimum absolute atomic E-state index is 0.0626. The van der Waals surface area contributed by atoms with Gasteiger partial charge in [0.25, 0.3) is 11.8 Å². The van der Waals surface area contributed by atoms with E-state index in [0.29, 0.717) is 11.3 Å². The summed E-state index contributed by atoms with van der Waals surface area (Å²) in [4.78, 5) is 25.9. The molecular formula is C32H28N4O3. The van der Waals surface area contributed by atoms with Crippen molar-refractivity contribution in [3.8, 4) is 5.75 Å². The van der Waals surface area contributed by atoms with E-state index in [1.165, 1.54) is 10.9 Å². The number of aromatic nitrogens is 1. The van der Waals surface area contributed by atoms with Crippen LogP contribution in [0.2, 0.25) is 0 Å². The maximum Gasteiger partial charge on any atom is 0.287 e. The van der Waals surface area contributed by atoms with E-state index in [2.05, 4.69) is 51.6 Å². The standard InChI is InChI=1S/C32H28N4O3/c1-3-36-29-12-8-7-11-26(29)27-19-23(15-18-30(27)36)21-33-35-32(38)28(20-22-13-16-25(39-2)17-14-22)34-31(37)24-9-5-4-6-10-24/h4-21H,3H2,1-2H3,(H,34,37)(H,35,38). The van der Waals surface area contributed by atoms with Crippen molar-refractivity contribution >= 4 is 45.9 Å². The second kappa shape index (κ2) is 11.5. The Kier molecular flexibility index (Phi) is 7.50. The van der Waals surface area contributed by atoms with Gasteiger partial charge in [-0.3, -0.25) is 9.59 Å². The predicted octanol–water partition coefficient (Wildman–Crippen LogP) is 5.74. The van der Waals surface area contributed by atoms with Crippen LogP contribution in [-0.4, -0.2) is 29.7 Å². The Morgan fingerprint density at radius 1 is 0.846 bits per heavy atom. The van der Waals surface area contributed by atoms with E-state index in [-0.39, 0.29) is 5.70 Å². The number of hydrogen-bond donors (Lipinski definition) is 2. The van der Waals surface area contributed by atoms with Gasteiger partial charge < -0.3 is 14.6 Å². The van der Waals surface area contributed by atoms with Crippen LogP contribution in [0.1, 0.15) is 28.4 Å². The topological polar surface area (TPSA) is 84.7 Å². The maximum atomic E-state index is 13.1. The highest BCUT2D eigenvalue weighted by Gasteiger charge is 2.15. The molecule has 0 spiro atoms. The van der Waals surface area contributed by atoms with E-state index in [1.807, 2.05) is 24.3 Å². The van der Waals surface area contributed by atoms with Crippen molar-refractivity contribution < 1.29 is 14.3 Å². The number of methoxy groups -OCH3 is 1. The summed E-state index contributed by atoms with van der Waals surface area (Å²) in [7, 11) is 1.58. The minimum Gasteiger partial charge on any atom is -0.497 e. The largest absolute Gasteiger partial charge is 0.497 e. The number of benzene rings is 4. The number of ether oxygens (including phenoxy) is 1. The number of rotatable bonds is 8. The fraction of sp³-hybridized carbons (Fsp3) is 0.0938. The quantitative estimate of drug-likeness (QED) is 0.157. The fourth-order valence-corrected chi connectivity index (χ4v) is 4.53. The molecule has 0 unspecified atom stereocenters. The van der Waals surface area contributed by atoms with Gasteiger partial charge in [0.15, 0.2) is 0 Å². The van der Waals surface area contributed by atoms with E-state index in [0.717, 1.165) is 28.6 Å². The van der Waals surface area contributed by atoms with Gasteiger partial charge in [0.2, 0.25) is 0 Å². The van der Waals surface area contributed by atoms with E-state index in [1.54, 1.807) is 67.9 Å². The molecule has 0 saturated carbocycles. The Labute approximate surface area is 226 Å². The van der Waals surface area contributed by atoms with Crippen molar-refractivity contribution in [1.82, 2.24) is 15.3 Å². The average molecular weight is 517 g/mol. The first-order valence-electron chi connectivity index (χ1n) is 12.6. The summed E-state index contributed by atoms with van der Waals surface area (Å²) in [6, 6.07) is 30.3. The first kappa shape index (κ1) is 25.5. The van der Waals surface area contributed by atoms with Crippen molar-refractivity contribution in [1.29, 1.82) is 0 Å².